The Balaban J connectivity index is 2.42. The molecule has 0 bridgehead atoms. The maximum absolute atomic E-state index is 10.5. The molecule has 106 valence electrons. The van der Waals surface area contributed by atoms with E-state index in [1.165, 1.54) is 0 Å². The van der Waals surface area contributed by atoms with Crippen LogP contribution in [0.1, 0.15) is 33.6 Å². The average molecular weight is 267 g/mol. The molecule has 6 heteroatoms. The molecule has 1 unspecified atom stereocenters. The summed E-state index contributed by atoms with van der Waals surface area (Å²) in [5, 5.41) is 11.7. The Morgan fingerprint density at radius 2 is 2.16 bits per heavy atom. The van der Waals surface area contributed by atoms with Crippen molar-refractivity contribution in [1.29, 1.82) is 0 Å². The highest BCUT2D eigenvalue weighted by molar-refractivity contribution is 5.66. The normalized spacial score (nSPS) is 12.2. The van der Waals surface area contributed by atoms with E-state index in [9.17, 15) is 4.79 Å². The monoisotopic (exact) mass is 267 g/mol. The van der Waals surface area contributed by atoms with E-state index in [2.05, 4.69) is 15.3 Å². The first-order valence-corrected chi connectivity index (χ1v) is 6.41. The molecule has 0 radical (unpaired) electrons. The minimum Gasteiger partial charge on any atom is -0.481 e. The largest absolute Gasteiger partial charge is 0.481 e. The van der Waals surface area contributed by atoms with E-state index in [0.29, 0.717) is 24.7 Å². The van der Waals surface area contributed by atoms with Gasteiger partial charge in [0.25, 0.3) is 0 Å². The van der Waals surface area contributed by atoms with E-state index in [4.69, 9.17) is 9.84 Å². The van der Waals surface area contributed by atoms with E-state index in [1.54, 1.807) is 12.4 Å². The zero-order valence-electron chi connectivity index (χ0n) is 11.6. The van der Waals surface area contributed by atoms with Gasteiger partial charge in [-0.3, -0.25) is 9.78 Å². The number of anilines is 1. The lowest BCUT2D eigenvalue weighted by molar-refractivity contribution is -0.137. The highest BCUT2D eigenvalue weighted by Gasteiger charge is 2.07. The van der Waals surface area contributed by atoms with Crippen LogP contribution in [0.15, 0.2) is 12.4 Å². The molecular formula is C13H21N3O3. The summed E-state index contributed by atoms with van der Waals surface area (Å²) < 4.78 is 5.45. The number of rotatable bonds is 8. The van der Waals surface area contributed by atoms with Crippen LogP contribution in [-0.2, 0) is 4.79 Å². The van der Waals surface area contributed by atoms with Gasteiger partial charge in [0.05, 0.1) is 18.5 Å². The number of hydrogen-bond donors (Lipinski definition) is 2. The Hall–Kier alpha value is -1.85. The molecule has 0 amide bonds. The third-order valence-corrected chi connectivity index (χ3v) is 2.45. The molecular weight excluding hydrogens is 246 g/mol. The first-order valence-electron chi connectivity index (χ1n) is 6.41. The number of carbonyl (C=O) groups is 1. The van der Waals surface area contributed by atoms with Crippen LogP contribution in [0.25, 0.3) is 0 Å². The van der Waals surface area contributed by atoms with Gasteiger partial charge in [-0.05, 0) is 26.2 Å². The molecule has 1 aromatic heterocycles. The van der Waals surface area contributed by atoms with Gasteiger partial charge >= 0.3 is 5.97 Å². The molecule has 1 aromatic rings. The summed E-state index contributed by atoms with van der Waals surface area (Å²) >= 11 is 0. The van der Waals surface area contributed by atoms with Crippen molar-refractivity contribution in [1.82, 2.24) is 9.97 Å². The molecule has 0 aliphatic carbocycles. The lowest BCUT2D eigenvalue weighted by Gasteiger charge is -2.13. The minimum absolute atomic E-state index is 0.0547. The molecule has 0 spiro atoms. The van der Waals surface area contributed by atoms with Crippen molar-refractivity contribution in [2.24, 2.45) is 5.92 Å². The maximum atomic E-state index is 10.5. The van der Waals surface area contributed by atoms with Gasteiger partial charge in [0.15, 0.2) is 0 Å². The first kappa shape index (κ1) is 15.2. The van der Waals surface area contributed by atoms with Gasteiger partial charge in [-0.25, -0.2) is 0 Å². The fourth-order valence-electron chi connectivity index (χ4n) is 1.48. The van der Waals surface area contributed by atoms with Crippen molar-refractivity contribution in [2.45, 2.75) is 39.7 Å². The van der Waals surface area contributed by atoms with Crippen LogP contribution >= 0.6 is 0 Å². The third-order valence-electron chi connectivity index (χ3n) is 2.45. The minimum atomic E-state index is -0.765. The molecule has 1 atom stereocenters. The molecule has 6 nitrogen and oxygen atoms in total. The second-order valence-electron chi connectivity index (χ2n) is 4.83. The number of carboxylic acid groups (broad SMARTS) is 1. The molecule has 0 fully saturated rings. The van der Waals surface area contributed by atoms with E-state index in [1.807, 2.05) is 20.8 Å². The molecule has 0 aliphatic heterocycles. The van der Waals surface area contributed by atoms with Crippen LogP contribution in [-0.4, -0.2) is 33.7 Å². The quantitative estimate of drug-likeness (QED) is 0.751. The fourth-order valence-corrected chi connectivity index (χ4v) is 1.48. The van der Waals surface area contributed by atoms with Crippen molar-refractivity contribution in [3.05, 3.63) is 12.4 Å². The van der Waals surface area contributed by atoms with Crippen LogP contribution in [0.3, 0.4) is 0 Å². The standard InChI is InChI=1S/C13H21N3O3/c1-9(2)19-12-8-14-7-11(16-12)15-6-10(3)4-5-13(17)18/h7-10H,4-6H2,1-3H3,(H,15,16)(H,17,18). The zero-order valence-corrected chi connectivity index (χ0v) is 11.6. The Bertz CT molecular complexity index is 410. The highest BCUT2D eigenvalue weighted by Crippen LogP contribution is 2.12. The maximum Gasteiger partial charge on any atom is 0.303 e. The summed E-state index contributed by atoms with van der Waals surface area (Å²) in [5.41, 5.74) is 0. The average Bonchev–Trinajstić information content (AvgIpc) is 2.33. The van der Waals surface area contributed by atoms with Crippen LogP contribution < -0.4 is 10.1 Å². The van der Waals surface area contributed by atoms with Crippen molar-refractivity contribution in [3.8, 4) is 5.88 Å². The van der Waals surface area contributed by atoms with Gasteiger partial charge < -0.3 is 15.2 Å². The third kappa shape index (κ3) is 6.59. The highest BCUT2D eigenvalue weighted by atomic mass is 16.5. The number of ether oxygens (including phenoxy) is 1. The SMILES string of the molecule is CC(CCC(=O)O)CNc1cncc(OC(C)C)n1. The summed E-state index contributed by atoms with van der Waals surface area (Å²) in [5.74, 6) is 0.616. The molecule has 19 heavy (non-hydrogen) atoms. The number of carboxylic acids is 1. The molecule has 0 aliphatic rings. The Labute approximate surface area is 113 Å². The molecule has 2 N–H and O–H groups in total. The summed E-state index contributed by atoms with van der Waals surface area (Å²) in [6.45, 7) is 6.51. The second kappa shape index (κ2) is 7.56. The summed E-state index contributed by atoms with van der Waals surface area (Å²) in [6.07, 6.45) is 4.07. The topological polar surface area (TPSA) is 84.3 Å². The van der Waals surface area contributed by atoms with Gasteiger partial charge in [-0.15, -0.1) is 0 Å². The number of nitrogens with one attached hydrogen (secondary N) is 1. The van der Waals surface area contributed by atoms with Crippen molar-refractivity contribution in [2.75, 3.05) is 11.9 Å². The van der Waals surface area contributed by atoms with Crippen molar-refractivity contribution in [3.63, 3.8) is 0 Å². The zero-order chi connectivity index (χ0) is 14.3. The van der Waals surface area contributed by atoms with Gasteiger partial charge in [0.2, 0.25) is 5.88 Å². The number of aromatic nitrogens is 2. The number of aliphatic carboxylic acids is 1. The molecule has 0 aromatic carbocycles. The number of hydrogen-bond acceptors (Lipinski definition) is 5. The summed E-state index contributed by atoms with van der Waals surface area (Å²) in [4.78, 5) is 18.8. The lowest BCUT2D eigenvalue weighted by atomic mass is 10.1. The van der Waals surface area contributed by atoms with Gasteiger partial charge in [-0.1, -0.05) is 6.92 Å². The first-order chi connectivity index (χ1) is 8.97. The van der Waals surface area contributed by atoms with E-state index >= 15 is 0 Å². The van der Waals surface area contributed by atoms with E-state index in [-0.39, 0.29) is 18.4 Å². The second-order valence-corrected chi connectivity index (χ2v) is 4.83. The van der Waals surface area contributed by atoms with Crippen molar-refractivity contribution < 1.29 is 14.6 Å². The Morgan fingerprint density at radius 3 is 2.79 bits per heavy atom. The predicted molar refractivity (Wildman–Crippen MR) is 72.3 cm³/mol. The van der Waals surface area contributed by atoms with Crippen LogP contribution in [0.5, 0.6) is 5.88 Å². The van der Waals surface area contributed by atoms with Crippen molar-refractivity contribution >= 4 is 11.8 Å². The van der Waals surface area contributed by atoms with Gasteiger partial charge in [0, 0.05) is 13.0 Å². The summed E-state index contributed by atoms with van der Waals surface area (Å²) in [7, 11) is 0. The predicted octanol–water partition coefficient (Wildman–Crippen LogP) is 2.18. The van der Waals surface area contributed by atoms with Crippen LogP contribution in [0, 0.1) is 5.92 Å². The fraction of sp³-hybridized carbons (Fsp3) is 0.615. The van der Waals surface area contributed by atoms with E-state index < -0.39 is 5.97 Å². The molecule has 0 saturated carbocycles. The van der Waals surface area contributed by atoms with Gasteiger partial charge in [-0.2, -0.15) is 4.98 Å². The van der Waals surface area contributed by atoms with Crippen LogP contribution in [0.2, 0.25) is 0 Å². The van der Waals surface area contributed by atoms with Gasteiger partial charge in [0.1, 0.15) is 5.82 Å². The molecule has 1 rings (SSSR count). The lowest BCUT2D eigenvalue weighted by Crippen LogP contribution is -2.14. The number of nitrogens with zero attached hydrogens (tertiary/aromatic N) is 2. The Morgan fingerprint density at radius 1 is 1.42 bits per heavy atom. The van der Waals surface area contributed by atoms with E-state index in [0.717, 1.165) is 0 Å². The summed E-state index contributed by atoms with van der Waals surface area (Å²) in [6, 6.07) is 0. The molecule has 0 saturated heterocycles. The molecule has 1 heterocycles. The van der Waals surface area contributed by atoms with Crippen LogP contribution in [0.4, 0.5) is 5.82 Å². The smallest absolute Gasteiger partial charge is 0.303 e. The Kier molecular flexibility index (Phi) is 6.05.